The minimum Gasteiger partial charge on any atom is -0.338 e. The van der Waals surface area contributed by atoms with Gasteiger partial charge in [0, 0.05) is 38.4 Å². The highest BCUT2D eigenvalue weighted by Crippen LogP contribution is 2.26. The highest BCUT2D eigenvalue weighted by Gasteiger charge is 2.19. The first-order valence-electron chi connectivity index (χ1n) is 12.3. The molecule has 1 atom stereocenters. The SMILES string of the molecule is Cc1cc(Nc2ncnc3cnc(N4CCNC(C)C4)nc23)ccc1Cc1ccc2c(c1)ncn2C. The second kappa shape index (κ2) is 9.16. The van der Waals surface area contributed by atoms with E-state index >= 15 is 0 Å². The van der Waals surface area contributed by atoms with Gasteiger partial charge in [0.05, 0.1) is 23.6 Å². The molecule has 1 saturated heterocycles. The quantitative estimate of drug-likeness (QED) is 0.394. The van der Waals surface area contributed by atoms with E-state index in [0.29, 0.717) is 17.8 Å². The monoisotopic (exact) mass is 479 g/mol. The summed E-state index contributed by atoms with van der Waals surface area (Å²) in [5, 5.41) is 6.92. The van der Waals surface area contributed by atoms with Crippen LogP contribution in [0, 0.1) is 6.92 Å². The van der Waals surface area contributed by atoms with Gasteiger partial charge in [0.1, 0.15) is 17.4 Å². The third-order valence-electron chi connectivity index (χ3n) is 6.81. The molecule has 1 unspecified atom stereocenters. The van der Waals surface area contributed by atoms with E-state index in [1.54, 1.807) is 12.5 Å². The molecule has 1 aliphatic rings. The summed E-state index contributed by atoms with van der Waals surface area (Å²) in [7, 11) is 2.02. The van der Waals surface area contributed by atoms with Gasteiger partial charge in [0.15, 0.2) is 5.82 Å². The Kier molecular flexibility index (Phi) is 5.69. The lowest BCUT2D eigenvalue weighted by Crippen LogP contribution is -2.49. The maximum Gasteiger partial charge on any atom is 0.226 e. The molecule has 182 valence electrons. The van der Waals surface area contributed by atoms with Gasteiger partial charge >= 0.3 is 0 Å². The molecule has 0 aliphatic carbocycles. The van der Waals surface area contributed by atoms with E-state index in [4.69, 9.17) is 4.98 Å². The molecule has 5 aromatic rings. The molecule has 1 fully saturated rings. The lowest BCUT2D eigenvalue weighted by atomic mass is 9.99. The van der Waals surface area contributed by atoms with Crippen LogP contribution in [0.5, 0.6) is 0 Å². The number of rotatable bonds is 5. The van der Waals surface area contributed by atoms with Crippen LogP contribution in [0.3, 0.4) is 0 Å². The van der Waals surface area contributed by atoms with Crippen molar-refractivity contribution in [2.75, 3.05) is 29.9 Å². The Bertz CT molecular complexity index is 1560. The average Bonchev–Trinajstić information content (AvgIpc) is 3.25. The molecule has 0 bridgehead atoms. The molecule has 6 rings (SSSR count). The molecule has 36 heavy (non-hydrogen) atoms. The van der Waals surface area contributed by atoms with Gasteiger partial charge in [-0.05, 0) is 61.2 Å². The summed E-state index contributed by atoms with van der Waals surface area (Å²) in [6.07, 6.45) is 6.05. The molecule has 4 heterocycles. The Morgan fingerprint density at radius 2 is 1.97 bits per heavy atom. The van der Waals surface area contributed by atoms with Crippen molar-refractivity contribution in [3.8, 4) is 0 Å². The van der Waals surface area contributed by atoms with Gasteiger partial charge in [0.25, 0.3) is 0 Å². The lowest BCUT2D eigenvalue weighted by molar-refractivity contribution is 0.480. The Morgan fingerprint density at radius 3 is 2.83 bits per heavy atom. The van der Waals surface area contributed by atoms with E-state index in [0.717, 1.165) is 53.8 Å². The molecule has 3 aromatic heterocycles. The fourth-order valence-corrected chi connectivity index (χ4v) is 4.82. The zero-order chi connectivity index (χ0) is 24.6. The first kappa shape index (κ1) is 22.4. The Labute approximate surface area is 209 Å². The highest BCUT2D eigenvalue weighted by atomic mass is 15.3. The van der Waals surface area contributed by atoms with Crippen molar-refractivity contribution in [3.63, 3.8) is 0 Å². The number of aromatic nitrogens is 6. The third-order valence-corrected chi connectivity index (χ3v) is 6.81. The van der Waals surface area contributed by atoms with E-state index in [9.17, 15) is 0 Å². The van der Waals surface area contributed by atoms with Crippen molar-refractivity contribution in [1.82, 2.24) is 34.8 Å². The van der Waals surface area contributed by atoms with E-state index in [1.165, 1.54) is 16.7 Å². The number of nitrogens with zero attached hydrogens (tertiary/aromatic N) is 7. The van der Waals surface area contributed by atoms with Crippen LogP contribution in [0.25, 0.3) is 22.1 Å². The van der Waals surface area contributed by atoms with Crippen molar-refractivity contribution in [1.29, 1.82) is 0 Å². The number of anilines is 3. The highest BCUT2D eigenvalue weighted by molar-refractivity contribution is 5.87. The fraction of sp³-hybridized carbons (Fsp3) is 0.296. The zero-order valence-corrected chi connectivity index (χ0v) is 20.7. The topological polar surface area (TPSA) is 96.7 Å². The Balaban J connectivity index is 1.25. The van der Waals surface area contributed by atoms with Crippen molar-refractivity contribution >= 4 is 39.5 Å². The summed E-state index contributed by atoms with van der Waals surface area (Å²) >= 11 is 0. The summed E-state index contributed by atoms with van der Waals surface area (Å²) in [4.78, 5) is 25.0. The van der Waals surface area contributed by atoms with Crippen LogP contribution < -0.4 is 15.5 Å². The molecule has 0 saturated carbocycles. The van der Waals surface area contributed by atoms with Gasteiger partial charge < -0.3 is 20.1 Å². The average molecular weight is 480 g/mol. The minimum absolute atomic E-state index is 0.398. The minimum atomic E-state index is 0.398. The number of imidazole rings is 1. The second-order valence-corrected chi connectivity index (χ2v) is 9.55. The fourth-order valence-electron chi connectivity index (χ4n) is 4.82. The molecule has 0 amide bonds. The number of piperazine rings is 1. The van der Waals surface area contributed by atoms with Gasteiger partial charge in [-0.25, -0.2) is 24.9 Å². The van der Waals surface area contributed by atoms with Crippen LogP contribution in [0.4, 0.5) is 17.5 Å². The van der Waals surface area contributed by atoms with Crippen LogP contribution in [0.2, 0.25) is 0 Å². The first-order chi connectivity index (χ1) is 17.5. The molecule has 9 heteroatoms. The Hall–Kier alpha value is -4.11. The molecule has 0 spiro atoms. The number of aryl methyl sites for hydroxylation is 2. The van der Waals surface area contributed by atoms with E-state index in [2.05, 4.69) is 85.7 Å². The van der Waals surface area contributed by atoms with Crippen molar-refractivity contribution in [2.24, 2.45) is 7.05 Å². The van der Waals surface area contributed by atoms with Crippen molar-refractivity contribution in [3.05, 3.63) is 71.9 Å². The maximum atomic E-state index is 4.84. The predicted octanol–water partition coefficient (Wildman–Crippen LogP) is 3.75. The molecule has 0 radical (unpaired) electrons. The van der Waals surface area contributed by atoms with E-state index in [-0.39, 0.29) is 0 Å². The van der Waals surface area contributed by atoms with Gasteiger partial charge in [-0.15, -0.1) is 0 Å². The molecular weight excluding hydrogens is 450 g/mol. The van der Waals surface area contributed by atoms with Crippen LogP contribution in [0.15, 0.2) is 55.2 Å². The summed E-state index contributed by atoms with van der Waals surface area (Å²) in [6.45, 7) is 6.98. The lowest BCUT2D eigenvalue weighted by Gasteiger charge is -2.31. The van der Waals surface area contributed by atoms with E-state index in [1.807, 2.05) is 17.9 Å². The zero-order valence-electron chi connectivity index (χ0n) is 20.7. The van der Waals surface area contributed by atoms with Gasteiger partial charge in [-0.2, -0.15) is 0 Å². The number of benzene rings is 2. The van der Waals surface area contributed by atoms with E-state index < -0.39 is 0 Å². The number of hydrogen-bond acceptors (Lipinski definition) is 8. The molecule has 1 aliphatic heterocycles. The Morgan fingerprint density at radius 1 is 1.06 bits per heavy atom. The van der Waals surface area contributed by atoms with Crippen LogP contribution in [-0.2, 0) is 13.5 Å². The number of fused-ring (bicyclic) bond motifs is 2. The maximum absolute atomic E-state index is 4.84. The largest absolute Gasteiger partial charge is 0.338 e. The molecule has 2 N–H and O–H groups in total. The van der Waals surface area contributed by atoms with Crippen LogP contribution in [-0.4, -0.2) is 55.2 Å². The smallest absolute Gasteiger partial charge is 0.226 e. The van der Waals surface area contributed by atoms with Crippen LogP contribution in [0.1, 0.15) is 23.6 Å². The number of nitrogens with one attached hydrogen (secondary N) is 2. The molecule has 9 nitrogen and oxygen atoms in total. The molecule has 2 aromatic carbocycles. The van der Waals surface area contributed by atoms with Crippen LogP contribution >= 0.6 is 0 Å². The van der Waals surface area contributed by atoms with Gasteiger partial charge in [-0.1, -0.05) is 12.1 Å². The van der Waals surface area contributed by atoms with Crippen molar-refractivity contribution in [2.45, 2.75) is 26.3 Å². The predicted molar refractivity (Wildman–Crippen MR) is 143 cm³/mol. The second-order valence-electron chi connectivity index (χ2n) is 9.55. The standard InChI is InChI=1S/C27H29N9/c1-17-10-21(6-5-20(17)11-19-4-7-24-22(12-19)32-16-35(24)3)33-26-25-23(30-15-31-26)13-29-27(34-25)36-9-8-28-18(2)14-36/h4-7,10,12-13,15-16,18,28H,8-9,11,14H2,1-3H3,(H,30,31,33). The summed E-state index contributed by atoms with van der Waals surface area (Å²) < 4.78 is 2.04. The summed E-state index contributed by atoms with van der Waals surface area (Å²) in [5.74, 6) is 1.39. The third kappa shape index (κ3) is 4.33. The van der Waals surface area contributed by atoms with Gasteiger partial charge in [0.2, 0.25) is 5.95 Å². The van der Waals surface area contributed by atoms with Crippen molar-refractivity contribution < 1.29 is 0 Å². The first-order valence-corrected chi connectivity index (χ1v) is 12.3. The number of hydrogen-bond donors (Lipinski definition) is 2. The molecular formula is C27H29N9. The van der Waals surface area contributed by atoms with Gasteiger partial charge in [-0.3, -0.25) is 0 Å². The summed E-state index contributed by atoms with van der Waals surface area (Å²) in [6, 6.07) is 13.3. The summed E-state index contributed by atoms with van der Waals surface area (Å²) in [5.41, 5.74) is 8.32. The normalized spacial score (nSPS) is 16.1.